The normalized spacial score (nSPS) is 23.3. The van der Waals surface area contributed by atoms with E-state index in [9.17, 15) is 4.39 Å². The summed E-state index contributed by atoms with van der Waals surface area (Å²) in [5.41, 5.74) is 4.20. The molecule has 0 saturated heterocycles. The topological polar surface area (TPSA) is 12.0 Å². The van der Waals surface area contributed by atoms with Crippen molar-refractivity contribution in [3.05, 3.63) is 46.8 Å². The molecule has 102 valence electrons. The Bertz CT molecular complexity index is 474. The molecule has 1 unspecified atom stereocenters. The summed E-state index contributed by atoms with van der Waals surface area (Å²) in [5, 5.41) is 3.63. The number of benzene rings is 1. The molecule has 1 aliphatic heterocycles. The van der Waals surface area contributed by atoms with Crippen LogP contribution in [0.4, 0.5) is 4.39 Å². The minimum Gasteiger partial charge on any atom is -0.310 e. The molecular weight excluding hydrogens is 237 g/mol. The van der Waals surface area contributed by atoms with Crippen molar-refractivity contribution in [2.75, 3.05) is 6.54 Å². The number of hydrogen-bond donors (Lipinski definition) is 1. The average Bonchev–Trinajstić information content (AvgIpc) is 2.46. The molecule has 0 saturated carbocycles. The van der Waals surface area contributed by atoms with Crippen molar-refractivity contribution in [2.45, 2.75) is 51.0 Å². The Balaban J connectivity index is 1.68. The van der Waals surface area contributed by atoms with Crippen LogP contribution in [0.2, 0.25) is 0 Å². The summed E-state index contributed by atoms with van der Waals surface area (Å²) >= 11 is 0. The molecule has 1 atom stereocenters. The fraction of sp³-hybridized carbons (Fsp3) is 0.529. The molecule has 1 aliphatic carbocycles. The minimum absolute atomic E-state index is 0.0591. The van der Waals surface area contributed by atoms with E-state index < -0.39 is 0 Å². The lowest BCUT2D eigenvalue weighted by Gasteiger charge is -2.33. The van der Waals surface area contributed by atoms with E-state index in [1.54, 1.807) is 23.3 Å². The van der Waals surface area contributed by atoms with Gasteiger partial charge in [-0.1, -0.05) is 29.3 Å². The second kappa shape index (κ2) is 5.87. The minimum atomic E-state index is -0.0591. The van der Waals surface area contributed by atoms with Crippen molar-refractivity contribution in [1.82, 2.24) is 5.32 Å². The van der Waals surface area contributed by atoms with Crippen LogP contribution < -0.4 is 5.32 Å². The number of nitrogens with one attached hydrogen (secondary N) is 1. The van der Waals surface area contributed by atoms with Gasteiger partial charge in [-0.3, -0.25) is 0 Å². The number of rotatable bonds is 3. The Labute approximate surface area is 114 Å². The van der Waals surface area contributed by atoms with E-state index in [2.05, 4.69) is 5.32 Å². The Morgan fingerprint density at radius 3 is 2.84 bits per heavy atom. The van der Waals surface area contributed by atoms with Crippen molar-refractivity contribution in [1.29, 1.82) is 0 Å². The fourth-order valence-electron chi connectivity index (χ4n) is 3.50. The zero-order valence-corrected chi connectivity index (χ0v) is 11.4. The van der Waals surface area contributed by atoms with Gasteiger partial charge < -0.3 is 5.32 Å². The lowest BCUT2D eigenvalue weighted by molar-refractivity contribution is 0.454. The first-order valence-corrected chi connectivity index (χ1v) is 7.52. The lowest BCUT2D eigenvalue weighted by Crippen LogP contribution is -2.38. The van der Waals surface area contributed by atoms with Gasteiger partial charge in [-0.25, -0.2) is 4.39 Å². The van der Waals surface area contributed by atoms with Crippen LogP contribution in [0.1, 0.15) is 44.1 Å². The third-order valence-corrected chi connectivity index (χ3v) is 4.53. The van der Waals surface area contributed by atoms with E-state index in [4.69, 9.17) is 0 Å². The van der Waals surface area contributed by atoms with Gasteiger partial charge in [-0.15, -0.1) is 0 Å². The number of hydrogen-bond acceptors (Lipinski definition) is 1. The molecule has 1 N–H and O–H groups in total. The molecule has 2 heteroatoms. The largest absolute Gasteiger partial charge is 0.310 e. The summed E-state index contributed by atoms with van der Waals surface area (Å²) in [6.07, 6.45) is 8.33. The zero-order chi connectivity index (χ0) is 13.1. The van der Waals surface area contributed by atoms with Crippen LogP contribution in [0.5, 0.6) is 0 Å². The van der Waals surface area contributed by atoms with Gasteiger partial charge in [0.1, 0.15) is 5.82 Å². The highest BCUT2D eigenvalue weighted by molar-refractivity contribution is 5.26. The Hall–Kier alpha value is -1.15. The maximum absolute atomic E-state index is 13.6. The van der Waals surface area contributed by atoms with E-state index in [-0.39, 0.29) is 5.82 Å². The quantitative estimate of drug-likeness (QED) is 0.809. The zero-order valence-electron chi connectivity index (χ0n) is 11.4. The summed E-state index contributed by atoms with van der Waals surface area (Å²) < 4.78 is 13.6. The summed E-state index contributed by atoms with van der Waals surface area (Å²) in [7, 11) is 0. The number of halogens is 1. The first-order valence-electron chi connectivity index (χ1n) is 7.52. The molecule has 0 spiro atoms. The summed E-state index contributed by atoms with van der Waals surface area (Å²) in [4.78, 5) is 0. The van der Waals surface area contributed by atoms with Crippen molar-refractivity contribution < 1.29 is 4.39 Å². The standard InChI is InChI=1S/C17H22FN/c18-16-8-4-2-6-14(16)9-10-17-15-7-3-1-5-13(15)11-12-19-17/h2,4,6,8,17,19H,1,3,5,7,9-12H2. The second-order valence-electron chi connectivity index (χ2n) is 5.72. The number of aryl methyl sites for hydroxylation is 1. The van der Waals surface area contributed by atoms with Gasteiger partial charge in [-0.2, -0.15) is 0 Å². The smallest absolute Gasteiger partial charge is 0.126 e. The maximum atomic E-state index is 13.6. The summed E-state index contributed by atoms with van der Waals surface area (Å²) in [5.74, 6) is -0.0591. The second-order valence-corrected chi connectivity index (χ2v) is 5.72. The van der Waals surface area contributed by atoms with E-state index in [0.29, 0.717) is 6.04 Å². The van der Waals surface area contributed by atoms with Crippen LogP contribution in [0, 0.1) is 5.82 Å². The predicted molar refractivity (Wildman–Crippen MR) is 76.6 cm³/mol. The van der Waals surface area contributed by atoms with Crippen molar-refractivity contribution in [2.24, 2.45) is 0 Å². The highest BCUT2D eigenvalue weighted by Gasteiger charge is 2.24. The molecule has 1 aromatic rings. The van der Waals surface area contributed by atoms with Gasteiger partial charge in [0.25, 0.3) is 0 Å². The molecule has 3 rings (SSSR count). The van der Waals surface area contributed by atoms with Gasteiger partial charge in [0.2, 0.25) is 0 Å². The fourth-order valence-corrected chi connectivity index (χ4v) is 3.50. The van der Waals surface area contributed by atoms with Gasteiger partial charge in [0.05, 0.1) is 0 Å². The van der Waals surface area contributed by atoms with E-state index in [0.717, 1.165) is 24.9 Å². The van der Waals surface area contributed by atoms with E-state index in [1.807, 2.05) is 12.1 Å². The molecule has 1 heterocycles. The van der Waals surface area contributed by atoms with Crippen LogP contribution in [-0.4, -0.2) is 12.6 Å². The maximum Gasteiger partial charge on any atom is 0.126 e. The molecule has 19 heavy (non-hydrogen) atoms. The summed E-state index contributed by atoms with van der Waals surface area (Å²) in [6.45, 7) is 1.10. The molecule has 2 aliphatic rings. The molecule has 0 bridgehead atoms. The Morgan fingerprint density at radius 1 is 1.11 bits per heavy atom. The van der Waals surface area contributed by atoms with Crippen molar-refractivity contribution in [3.63, 3.8) is 0 Å². The van der Waals surface area contributed by atoms with Crippen molar-refractivity contribution in [3.8, 4) is 0 Å². The van der Waals surface area contributed by atoms with Crippen LogP contribution in [0.3, 0.4) is 0 Å². The third kappa shape index (κ3) is 2.89. The van der Waals surface area contributed by atoms with Crippen LogP contribution in [0.15, 0.2) is 35.4 Å². The van der Waals surface area contributed by atoms with Crippen LogP contribution in [0.25, 0.3) is 0 Å². The van der Waals surface area contributed by atoms with Gasteiger partial charge >= 0.3 is 0 Å². The lowest BCUT2D eigenvalue weighted by atomic mass is 9.82. The predicted octanol–water partition coefficient (Wildman–Crippen LogP) is 3.99. The average molecular weight is 259 g/mol. The first kappa shape index (κ1) is 12.9. The molecular formula is C17H22FN. The van der Waals surface area contributed by atoms with E-state index in [1.165, 1.54) is 32.1 Å². The Kier molecular flexibility index (Phi) is 3.97. The highest BCUT2D eigenvalue weighted by Crippen LogP contribution is 2.32. The molecule has 0 aromatic heterocycles. The highest BCUT2D eigenvalue weighted by atomic mass is 19.1. The van der Waals surface area contributed by atoms with Gasteiger partial charge in [0, 0.05) is 6.04 Å². The van der Waals surface area contributed by atoms with Gasteiger partial charge in [0.15, 0.2) is 0 Å². The summed E-state index contributed by atoms with van der Waals surface area (Å²) in [6, 6.07) is 7.66. The van der Waals surface area contributed by atoms with Crippen LogP contribution in [-0.2, 0) is 6.42 Å². The Morgan fingerprint density at radius 2 is 1.95 bits per heavy atom. The molecule has 0 radical (unpaired) electrons. The molecule has 0 amide bonds. The van der Waals surface area contributed by atoms with Crippen molar-refractivity contribution >= 4 is 0 Å². The van der Waals surface area contributed by atoms with Gasteiger partial charge in [-0.05, 0) is 63.1 Å². The molecule has 0 fully saturated rings. The SMILES string of the molecule is Fc1ccccc1CCC1NCCC2=C1CCCC2. The third-order valence-electron chi connectivity index (χ3n) is 4.53. The first-order chi connectivity index (χ1) is 9.34. The van der Waals surface area contributed by atoms with Crippen LogP contribution >= 0.6 is 0 Å². The molecule has 1 aromatic carbocycles. The monoisotopic (exact) mass is 259 g/mol. The molecule has 1 nitrogen and oxygen atoms in total. The van der Waals surface area contributed by atoms with E-state index >= 15 is 0 Å².